The van der Waals surface area contributed by atoms with Gasteiger partial charge in [0, 0.05) is 6.07 Å². The fraction of sp³-hybridized carbons (Fsp3) is 0.0909. The van der Waals surface area contributed by atoms with Gasteiger partial charge in [0.05, 0.1) is 16.3 Å². The summed E-state index contributed by atoms with van der Waals surface area (Å²) < 4.78 is 24.4. The van der Waals surface area contributed by atoms with Crippen LogP contribution >= 0.6 is 11.6 Å². The van der Waals surface area contributed by atoms with Gasteiger partial charge in [0.15, 0.2) is 17.3 Å². The average Bonchev–Trinajstić information content (AvgIpc) is 2.99. The van der Waals surface area contributed by atoms with Crippen LogP contribution in [0.5, 0.6) is 11.5 Å². The van der Waals surface area contributed by atoms with Gasteiger partial charge in [0.1, 0.15) is 5.69 Å². The smallest absolute Gasteiger partial charge is 0.353 e. The zero-order valence-electron chi connectivity index (χ0n) is 9.24. The number of ether oxygens (including phenoxy) is 2. The van der Waals surface area contributed by atoms with Gasteiger partial charge in [-0.15, -0.1) is 0 Å². The zero-order chi connectivity index (χ0) is 13.6. The van der Waals surface area contributed by atoms with Gasteiger partial charge in [-0.1, -0.05) is 11.6 Å². The van der Waals surface area contributed by atoms with E-state index in [-0.39, 0.29) is 34.5 Å². The number of aromatic nitrogens is 2. The molecule has 1 aromatic heterocycles. The van der Waals surface area contributed by atoms with E-state index < -0.39 is 11.8 Å². The molecule has 0 unspecified atom stereocenters. The maximum absolute atomic E-state index is 14.1. The van der Waals surface area contributed by atoms with Crippen LogP contribution < -0.4 is 9.47 Å². The number of halogens is 2. The van der Waals surface area contributed by atoms with E-state index in [1.54, 1.807) is 0 Å². The third-order valence-electron chi connectivity index (χ3n) is 2.62. The number of carbonyl (C=O) groups is 1. The highest BCUT2D eigenvalue weighted by Crippen LogP contribution is 2.45. The number of rotatable bonds is 2. The molecule has 0 bridgehead atoms. The van der Waals surface area contributed by atoms with Crippen LogP contribution in [0, 0.1) is 5.82 Å². The summed E-state index contributed by atoms with van der Waals surface area (Å²) in [7, 11) is 0. The molecule has 0 amide bonds. The molecule has 2 heterocycles. The number of hydrogen-bond donors (Lipinski definition) is 2. The highest BCUT2D eigenvalue weighted by molar-refractivity contribution is 6.31. The van der Waals surface area contributed by atoms with Gasteiger partial charge in [0.2, 0.25) is 6.79 Å². The Kier molecular flexibility index (Phi) is 2.56. The van der Waals surface area contributed by atoms with Crippen LogP contribution in [0.15, 0.2) is 12.1 Å². The Morgan fingerprint density at radius 3 is 2.95 bits per heavy atom. The van der Waals surface area contributed by atoms with Gasteiger partial charge in [-0.2, -0.15) is 5.10 Å². The van der Waals surface area contributed by atoms with Crippen LogP contribution in [0.2, 0.25) is 5.02 Å². The Morgan fingerprint density at radius 1 is 1.47 bits per heavy atom. The lowest BCUT2D eigenvalue weighted by Gasteiger charge is -2.06. The maximum Gasteiger partial charge on any atom is 0.353 e. The number of carboxylic acid groups (broad SMARTS) is 1. The topological polar surface area (TPSA) is 84.4 Å². The van der Waals surface area contributed by atoms with Gasteiger partial charge in [0.25, 0.3) is 0 Å². The molecule has 0 aliphatic carbocycles. The second-order valence-corrected chi connectivity index (χ2v) is 4.16. The number of H-pyrrole nitrogens is 1. The minimum Gasteiger partial charge on any atom is -0.477 e. The van der Waals surface area contributed by atoms with Crippen LogP contribution in [-0.4, -0.2) is 28.1 Å². The van der Waals surface area contributed by atoms with E-state index in [1.165, 1.54) is 12.1 Å². The first-order valence-corrected chi connectivity index (χ1v) is 5.52. The lowest BCUT2D eigenvalue weighted by molar-refractivity contribution is 0.0690. The standard InChI is InChI=1S/C11H6ClFN2O4/c12-4-1-7-10(19-3-18-7)8(9(4)13)5-2-6(11(16)17)15-14-5/h1-2H,3H2,(H,14,15)(H,16,17). The number of benzene rings is 1. The molecule has 0 atom stereocenters. The van der Waals surface area contributed by atoms with Crippen molar-refractivity contribution in [1.29, 1.82) is 0 Å². The van der Waals surface area contributed by atoms with Crippen molar-refractivity contribution in [3.8, 4) is 22.8 Å². The Hall–Kier alpha value is -2.28. The molecular weight excluding hydrogens is 279 g/mol. The number of aromatic amines is 1. The molecule has 0 radical (unpaired) electrons. The second-order valence-electron chi connectivity index (χ2n) is 3.75. The van der Waals surface area contributed by atoms with E-state index in [2.05, 4.69) is 10.2 Å². The number of carboxylic acids is 1. The third-order valence-corrected chi connectivity index (χ3v) is 2.89. The predicted molar refractivity (Wildman–Crippen MR) is 62.1 cm³/mol. The van der Waals surface area contributed by atoms with Crippen molar-refractivity contribution in [2.45, 2.75) is 0 Å². The van der Waals surface area contributed by atoms with Gasteiger partial charge >= 0.3 is 5.97 Å². The first kappa shape index (κ1) is 11.8. The van der Waals surface area contributed by atoms with Crippen LogP contribution in [-0.2, 0) is 0 Å². The summed E-state index contributed by atoms with van der Waals surface area (Å²) in [6, 6.07) is 2.49. The van der Waals surface area contributed by atoms with Crippen molar-refractivity contribution in [3.63, 3.8) is 0 Å². The molecule has 1 aromatic carbocycles. The van der Waals surface area contributed by atoms with E-state index in [0.29, 0.717) is 5.75 Å². The summed E-state index contributed by atoms with van der Waals surface area (Å²) in [5.41, 5.74) is -0.107. The summed E-state index contributed by atoms with van der Waals surface area (Å²) in [5, 5.41) is 14.7. The molecular formula is C11H6ClFN2O4. The molecule has 0 saturated heterocycles. The normalized spacial score (nSPS) is 12.7. The molecule has 1 aliphatic heterocycles. The SMILES string of the molecule is O=C(O)c1cc(-c2c(F)c(Cl)cc3c2OCO3)n[nH]1. The Bertz CT molecular complexity index is 686. The first-order chi connectivity index (χ1) is 9.08. The summed E-state index contributed by atoms with van der Waals surface area (Å²) in [6.07, 6.45) is 0. The summed E-state index contributed by atoms with van der Waals surface area (Å²) >= 11 is 5.75. The fourth-order valence-electron chi connectivity index (χ4n) is 1.78. The van der Waals surface area contributed by atoms with Crippen molar-refractivity contribution in [1.82, 2.24) is 10.2 Å². The van der Waals surface area contributed by atoms with Gasteiger partial charge < -0.3 is 14.6 Å². The van der Waals surface area contributed by atoms with Crippen LogP contribution in [0.3, 0.4) is 0 Å². The summed E-state index contributed by atoms with van der Waals surface area (Å²) in [5.74, 6) is -1.49. The van der Waals surface area contributed by atoms with Gasteiger partial charge in [-0.25, -0.2) is 9.18 Å². The largest absolute Gasteiger partial charge is 0.477 e. The number of nitrogens with zero attached hydrogens (tertiary/aromatic N) is 1. The molecule has 2 aromatic rings. The Labute approximate surface area is 110 Å². The number of aromatic carboxylic acids is 1. The summed E-state index contributed by atoms with van der Waals surface area (Å²) in [4.78, 5) is 10.8. The highest BCUT2D eigenvalue weighted by Gasteiger charge is 2.27. The molecule has 0 spiro atoms. The number of fused-ring (bicyclic) bond motifs is 1. The predicted octanol–water partition coefficient (Wildman–Crippen LogP) is 2.30. The molecule has 0 fully saturated rings. The average molecular weight is 285 g/mol. The van der Waals surface area contributed by atoms with Crippen LogP contribution in [0.4, 0.5) is 4.39 Å². The van der Waals surface area contributed by atoms with E-state index in [1.807, 2.05) is 0 Å². The van der Waals surface area contributed by atoms with E-state index in [9.17, 15) is 9.18 Å². The van der Waals surface area contributed by atoms with Crippen molar-refractivity contribution >= 4 is 17.6 Å². The molecule has 2 N–H and O–H groups in total. The fourth-order valence-corrected chi connectivity index (χ4v) is 1.97. The molecule has 6 nitrogen and oxygen atoms in total. The van der Waals surface area contributed by atoms with Gasteiger partial charge in [-0.3, -0.25) is 5.10 Å². The van der Waals surface area contributed by atoms with Crippen LogP contribution in [0.1, 0.15) is 10.5 Å². The number of hydrogen-bond acceptors (Lipinski definition) is 4. The van der Waals surface area contributed by atoms with Crippen molar-refractivity contribution in [2.75, 3.05) is 6.79 Å². The summed E-state index contributed by atoms with van der Waals surface area (Å²) in [6.45, 7) is -0.0572. The monoisotopic (exact) mass is 284 g/mol. The van der Waals surface area contributed by atoms with Crippen molar-refractivity contribution in [3.05, 3.63) is 28.7 Å². The number of nitrogens with one attached hydrogen (secondary N) is 1. The molecule has 3 rings (SSSR count). The third kappa shape index (κ3) is 1.78. The van der Waals surface area contributed by atoms with Crippen molar-refractivity contribution < 1.29 is 23.8 Å². The maximum atomic E-state index is 14.1. The van der Waals surface area contributed by atoms with E-state index >= 15 is 0 Å². The second kappa shape index (κ2) is 4.13. The van der Waals surface area contributed by atoms with Gasteiger partial charge in [-0.05, 0) is 6.07 Å². The van der Waals surface area contributed by atoms with E-state index in [4.69, 9.17) is 26.2 Å². The molecule has 1 aliphatic rings. The molecule has 0 saturated carbocycles. The quantitative estimate of drug-likeness (QED) is 0.884. The lowest BCUT2D eigenvalue weighted by Crippen LogP contribution is -1.95. The first-order valence-electron chi connectivity index (χ1n) is 5.14. The molecule has 8 heteroatoms. The minimum absolute atomic E-state index is 0.0243. The minimum atomic E-state index is -1.20. The molecule has 19 heavy (non-hydrogen) atoms. The zero-order valence-corrected chi connectivity index (χ0v) is 9.99. The van der Waals surface area contributed by atoms with Crippen molar-refractivity contribution in [2.24, 2.45) is 0 Å². The van der Waals surface area contributed by atoms with Crippen LogP contribution in [0.25, 0.3) is 11.3 Å². The van der Waals surface area contributed by atoms with E-state index in [0.717, 1.165) is 0 Å². The Morgan fingerprint density at radius 2 is 2.26 bits per heavy atom. The highest BCUT2D eigenvalue weighted by atomic mass is 35.5. The molecule has 98 valence electrons. The lowest BCUT2D eigenvalue weighted by atomic mass is 10.1. The Balaban J connectivity index is 2.21.